The molecule has 0 bridgehead atoms. The normalized spacial score (nSPS) is 11.9. The van der Waals surface area contributed by atoms with Crippen molar-refractivity contribution in [2.45, 2.75) is 13.0 Å². The van der Waals surface area contributed by atoms with E-state index in [1.807, 2.05) is 31.2 Å². The number of non-ortho nitro benzene ring substituents is 1. The fourth-order valence-electron chi connectivity index (χ4n) is 1.81. The van der Waals surface area contributed by atoms with Crippen LogP contribution in [0.5, 0.6) is 0 Å². The molecule has 104 valence electrons. The molecule has 0 aliphatic heterocycles. The minimum absolute atomic E-state index is 0.0115. The molecule has 0 heterocycles. The largest absolute Gasteiger partial charge is 0.377 e. The third-order valence-electron chi connectivity index (χ3n) is 2.90. The first-order valence-corrected chi connectivity index (χ1v) is 7.10. The monoisotopic (exact) mass is 354 g/mol. The standard InChI is InChI=1S/C14H12BrClN2O2/c1-9(10-2-4-11(15)5-3-10)17-14-8-12(18(19)20)6-7-13(14)16/h2-9,17H,1H3. The van der Waals surface area contributed by atoms with Crippen LogP contribution in [-0.2, 0) is 0 Å². The van der Waals surface area contributed by atoms with Gasteiger partial charge in [0.2, 0.25) is 0 Å². The van der Waals surface area contributed by atoms with Crippen molar-refractivity contribution in [2.75, 3.05) is 5.32 Å². The van der Waals surface area contributed by atoms with E-state index < -0.39 is 4.92 Å². The molecule has 1 N–H and O–H groups in total. The molecular weight excluding hydrogens is 344 g/mol. The number of nitro benzene ring substituents is 1. The first kappa shape index (κ1) is 14.8. The molecular formula is C14H12BrClN2O2. The van der Waals surface area contributed by atoms with Crippen molar-refractivity contribution in [3.05, 3.63) is 67.6 Å². The summed E-state index contributed by atoms with van der Waals surface area (Å²) in [5.41, 5.74) is 1.63. The first-order valence-electron chi connectivity index (χ1n) is 5.93. The predicted molar refractivity (Wildman–Crippen MR) is 84.3 cm³/mol. The summed E-state index contributed by atoms with van der Waals surface area (Å²) in [4.78, 5) is 10.3. The summed E-state index contributed by atoms with van der Waals surface area (Å²) in [6.07, 6.45) is 0. The molecule has 2 rings (SSSR count). The zero-order chi connectivity index (χ0) is 14.7. The lowest BCUT2D eigenvalue weighted by Crippen LogP contribution is -2.07. The van der Waals surface area contributed by atoms with Gasteiger partial charge in [0.05, 0.1) is 15.6 Å². The van der Waals surface area contributed by atoms with Crippen LogP contribution in [0.3, 0.4) is 0 Å². The Kier molecular flexibility index (Phi) is 4.62. The molecule has 0 radical (unpaired) electrons. The van der Waals surface area contributed by atoms with Crippen LogP contribution in [0.4, 0.5) is 11.4 Å². The highest BCUT2D eigenvalue weighted by atomic mass is 79.9. The van der Waals surface area contributed by atoms with E-state index in [2.05, 4.69) is 21.2 Å². The van der Waals surface area contributed by atoms with Crippen LogP contribution in [0.1, 0.15) is 18.5 Å². The van der Waals surface area contributed by atoms with E-state index in [4.69, 9.17) is 11.6 Å². The molecule has 0 aromatic heterocycles. The predicted octanol–water partition coefficient (Wildman–Crippen LogP) is 5.18. The summed E-state index contributed by atoms with van der Waals surface area (Å²) < 4.78 is 1.00. The van der Waals surface area contributed by atoms with Crippen molar-refractivity contribution in [1.82, 2.24) is 0 Å². The molecule has 0 aliphatic carbocycles. The number of anilines is 1. The fourth-order valence-corrected chi connectivity index (χ4v) is 2.24. The lowest BCUT2D eigenvalue weighted by atomic mass is 10.1. The van der Waals surface area contributed by atoms with Gasteiger partial charge < -0.3 is 5.32 Å². The van der Waals surface area contributed by atoms with Crippen molar-refractivity contribution in [2.24, 2.45) is 0 Å². The minimum Gasteiger partial charge on any atom is -0.377 e. The SMILES string of the molecule is CC(Nc1cc([N+](=O)[O-])ccc1Cl)c1ccc(Br)cc1. The topological polar surface area (TPSA) is 55.2 Å². The molecule has 2 aromatic rings. The van der Waals surface area contributed by atoms with E-state index in [0.29, 0.717) is 10.7 Å². The van der Waals surface area contributed by atoms with Gasteiger partial charge in [-0.15, -0.1) is 0 Å². The van der Waals surface area contributed by atoms with Crippen LogP contribution in [0.25, 0.3) is 0 Å². The number of nitrogens with one attached hydrogen (secondary N) is 1. The maximum absolute atomic E-state index is 10.8. The highest BCUT2D eigenvalue weighted by Crippen LogP contribution is 2.30. The van der Waals surface area contributed by atoms with Gasteiger partial charge in [-0.25, -0.2) is 0 Å². The number of hydrogen-bond acceptors (Lipinski definition) is 3. The molecule has 6 heteroatoms. The average molecular weight is 356 g/mol. The van der Waals surface area contributed by atoms with Crippen molar-refractivity contribution in [3.63, 3.8) is 0 Å². The van der Waals surface area contributed by atoms with Gasteiger partial charge in [-0.2, -0.15) is 0 Å². The Morgan fingerprint density at radius 2 is 1.90 bits per heavy atom. The second-order valence-corrected chi connectivity index (χ2v) is 5.66. The summed E-state index contributed by atoms with van der Waals surface area (Å²) in [6, 6.07) is 12.2. The number of halogens is 2. The molecule has 0 saturated carbocycles. The van der Waals surface area contributed by atoms with Crippen LogP contribution >= 0.6 is 27.5 Å². The summed E-state index contributed by atoms with van der Waals surface area (Å²) in [5.74, 6) is 0. The van der Waals surface area contributed by atoms with Gasteiger partial charge in [0, 0.05) is 22.6 Å². The average Bonchev–Trinajstić information content (AvgIpc) is 2.41. The summed E-state index contributed by atoms with van der Waals surface area (Å²) in [7, 11) is 0. The third kappa shape index (κ3) is 3.49. The van der Waals surface area contributed by atoms with Gasteiger partial charge in [0.25, 0.3) is 5.69 Å². The molecule has 0 fully saturated rings. The van der Waals surface area contributed by atoms with Gasteiger partial charge in [0.15, 0.2) is 0 Å². The van der Waals surface area contributed by atoms with E-state index in [1.165, 1.54) is 18.2 Å². The van der Waals surface area contributed by atoms with E-state index in [-0.39, 0.29) is 11.7 Å². The Bertz CT molecular complexity index is 632. The highest BCUT2D eigenvalue weighted by molar-refractivity contribution is 9.10. The van der Waals surface area contributed by atoms with Gasteiger partial charge in [-0.1, -0.05) is 39.7 Å². The number of nitro groups is 1. The molecule has 0 aliphatic rings. The van der Waals surface area contributed by atoms with Gasteiger partial charge in [0.1, 0.15) is 0 Å². The van der Waals surface area contributed by atoms with Crippen LogP contribution in [0.2, 0.25) is 5.02 Å². The van der Waals surface area contributed by atoms with Gasteiger partial charge in [-0.3, -0.25) is 10.1 Å². The fraction of sp³-hybridized carbons (Fsp3) is 0.143. The number of hydrogen-bond donors (Lipinski definition) is 1. The molecule has 20 heavy (non-hydrogen) atoms. The Labute approximate surface area is 130 Å². The zero-order valence-electron chi connectivity index (χ0n) is 10.6. The lowest BCUT2D eigenvalue weighted by molar-refractivity contribution is -0.384. The molecule has 1 unspecified atom stereocenters. The van der Waals surface area contributed by atoms with E-state index in [0.717, 1.165) is 10.0 Å². The summed E-state index contributed by atoms with van der Waals surface area (Å²) >= 11 is 9.45. The zero-order valence-corrected chi connectivity index (χ0v) is 13.0. The van der Waals surface area contributed by atoms with Crippen LogP contribution in [-0.4, -0.2) is 4.92 Å². The summed E-state index contributed by atoms with van der Waals surface area (Å²) in [5, 5.41) is 14.4. The number of rotatable bonds is 4. The number of benzene rings is 2. The van der Waals surface area contributed by atoms with Gasteiger partial charge >= 0.3 is 0 Å². The second kappa shape index (κ2) is 6.24. The van der Waals surface area contributed by atoms with E-state index >= 15 is 0 Å². The Morgan fingerprint density at radius 1 is 1.25 bits per heavy atom. The van der Waals surface area contributed by atoms with Gasteiger partial charge in [-0.05, 0) is 30.7 Å². The molecule has 2 aromatic carbocycles. The molecule has 0 saturated heterocycles. The summed E-state index contributed by atoms with van der Waals surface area (Å²) in [6.45, 7) is 1.97. The Balaban J connectivity index is 2.22. The highest BCUT2D eigenvalue weighted by Gasteiger charge is 2.12. The molecule has 0 spiro atoms. The van der Waals surface area contributed by atoms with Crippen molar-refractivity contribution < 1.29 is 4.92 Å². The maximum atomic E-state index is 10.8. The minimum atomic E-state index is -0.439. The van der Waals surface area contributed by atoms with Crippen molar-refractivity contribution in [1.29, 1.82) is 0 Å². The lowest BCUT2D eigenvalue weighted by Gasteiger charge is -2.16. The number of nitrogens with zero attached hydrogens (tertiary/aromatic N) is 1. The van der Waals surface area contributed by atoms with Crippen molar-refractivity contribution >= 4 is 38.9 Å². The maximum Gasteiger partial charge on any atom is 0.271 e. The quantitative estimate of drug-likeness (QED) is 0.607. The third-order valence-corrected chi connectivity index (χ3v) is 3.76. The second-order valence-electron chi connectivity index (χ2n) is 4.34. The molecule has 4 nitrogen and oxygen atoms in total. The van der Waals surface area contributed by atoms with E-state index in [9.17, 15) is 10.1 Å². The van der Waals surface area contributed by atoms with Crippen LogP contribution in [0, 0.1) is 10.1 Å². The van der Waals surface area contributed by atoms with Crippen molar-refractivity contribution in [3.8, 4) is 0 Å². The Hall–Kier alpha value is -1.59. The molecule has 0 amide bonds. The van der Waals surface area contributed by atoms with E-state index in [1.54, 1.807) is 0 Å². The molecule has 1 atom stereocenters. The van der Waals surface area contributed by atoms with Crippen LogP contribution in [0.15, 0.2) is 46.9 Å². The Morgan fingerprint density at radius 3 is 2.50 bits per heavy atom. The first-order chi connectivity index (χ1) is 9.47. The smallest absolute Gasteiger partial charge is 0.271 e. The van der Waals surface area contributed by atoms with Crippen LogP contribution < -0.4 is 5.32 Å².